The maximum atomic E-state index is 12.3. The maximum Gasteiger partial charge on any atom is 0.325 e. The fourth-order valence-electron chi connectivity index (χ4n) is 5.67. The number of ether oxygens (including phenoxy) is 3. The molecule has 10 nitrogen and oxygen atoms in total. The molecule has 1 aromatic heterocycles. The van der Waals surface area contributed by atoms with Gasteiger partial charge in [0, 0.05) is 34.0 Å². The van der Waals surface area contributed by atoms with Crippen LogP contribution in [0.15, 0.2) is 119 Å². The van der Waals surface area contributed by atoms with Crippen molar-refractivity contribution in [1.29, 1.82) is 0 Å². The van der Waals surface area contributed by atoms with Gasteiger partial charge in [0.05, 0.1) is 25.4 Å². The molecule has 6 rings (SSSR count). The molecule has 4 unspecified atom stereocenters. The summed E-state index contributed by atoms with van der Waals surface area (Å²) in [5, 5.41) is 15.3. The molecule has 5 aromatic rings. The van der Waals surface area contributed by atoms with Crippen LogP contribution in [-0.4, -0.2) is 47.1 Å². The van der Waals surface area contributed by atoms with E-state index in [1.54, 1.807) is 19.1 Å². The van der Waals surface area contributed by atoms with Gasteiger partial charge in [-0.2, -0.15) is 0 Å². The molecule has 1 aliphatic rings. The number of aromatic nitrogens is 1. The summed E-state index contributed by atoms with van der Waals surface area (Å²) >= 11 is 1.50. The van der Waals surface area contributed by atoms with Crippen LogP contribution in [-0.2, 0) is 25.6 Å². The van der Waals surface area contributed by atoms with Crippen LogP contribution in [0, 0.1) is 5.92 Å². The average Bonchev–Trinajstić information content (AvgIpc) is 3.59. The van der Waals surface area contributed by atoms with Crippen LogP contribution in [0.2, 0.25) is 0 Å². The van der Waals surface area contributed by atoms with Gasteiger partial charge in [-0.1, -0.05) is 116 Å². The second kappa shape index (κ2) is 16.6. The summed E-state index contributed by atoms with van der Waals surface area (Å²) in [5.41, 5.74) is 5.80. The third-order valence-electron chi connectivity index (χ3n) is 8.32. The summed E-state index contributed by atoms with van der Waals surface area (Å²) in [6.07, 6.45) is -1.25. The Morgan fingerprint density at radius 1 is 0.860 bits per heavy atom. The topological polar surface area (TPSA) is 132 Å². The Kier molecular flexibility index (Phi) is 11.6. The first-order chi connectivity index (χ1) is 24.4. The van der Waals surface area contributed by atoms with Crippen molar-refractivity contribution in [2.24, 2.45) is 5.92 Å². The summed E-state index contributed by atoms with van der Waals surface area (Å²) in [6.45, 7) is 3.78. The summed E-state index contributed by atoms with van der Waals surface area (Å²) in [6, 6.07) is 34.4. The van der Waals surface area contributed by atoms with E-state index in [0.29, 0.717) is 22.4 Å². The van der Waals surface area contributed by atoms with Crippen molar-refractivity contribution in [3.63, 3.8) is 0 Å². The average molecular weight is 694 g/mol. The van der Waals surface area contributed by atoms with Gasteiger partial charge >= 0.3 is 12.0 Å². The largest absolute Gasteiger partial charge is 0.465 e. The van der Waals surface area contributed by atoms with Crippen LogP contribution in [0.1, 0.15) is 42.9 Å². The zero-order valence-electron chi connectivity index (χ0n) is 27.8. The molecule has 4 aromatic carbocycles. The van der Waals surface area contributed by atoms with E-state index in [-0.39, 0.29) is 37.9 Å². The number of nitrogens with zero attached hydrogens (tertiary/aromatic N) is 1. The van der Waals surface area contributed by atoms with Gasteiger partial charge in [-0.3, -0.25) is 4.79 Å². The van der Waals surface area contributed by atoms with E-state index in [1.807, 2.05) is 97.1 Å². The fourth-order valence-corrected chi connectivity index (χ4v) is 6.65. The second-order valence-electron chi connectivity index (χ2n) is 11.8. The van der Waals surface area contributed by atoms with E-state index in [4.69, 9.17) is 23.6 Å². The van der Waals surface area contributed by atoms with Crippen LogP contribution < -0.4 is 10.6 Å². The lowest BCUT2D eigenvalue weighted by molar-refractivity contribution is -0.268. The molecule has 4 atom stereocenters. The van der Waals surface area contributed by atoms with Crippen molar-refractivity contribution in [1.82, 2.24) is 10.3 Å². The van der Waals surface area contributed by atoms with Crippen molar-refractivity contribution < 1.29 is 33.3 Å². The minimum atomic E-state index is -0.699. The number of aliphatic hydroxyl groups is 1. The Labute approximate surface area is 295 Å². The first-order valence-corrected chi connectivity index (χ1v) is 17.5. The normalized spacial score (nSPS) is 18.7. The predicted molar refractivity (Wildman–Crippen MR) is 191 cm³/mol. The second-order valence-corrected chi connectivity index (χ2v) is 12.7. The monoisotopic (exact) mass is 693 g/mol. The first-order valence-electron chi connectivity index (χ1n) is 16.5. The summed E-state index contributed by atoms with van der Waals surface area (Å²) in [7, 11) is 0. The highest BCUT2D eigenvalue weighted by Crippen LogP contribution is 2.44. The number of thioether (sulfide) groups is 1. The molecule has 1 fully saturated rings. The van der Waals surface area contributed by atoms with Crippen molar-refractivity contribution in [2.75, 3.05) is 24.2 Å². The van der Waals surface area contributed by atoms with E-state index in [2.05, 4.69) is 17.6 Å². The fraction of sp³-hybridized carbons (Fsp3) is 0.256. The number of rotatable bonds is 12. The van der Waals surface area contributed by atoms with Gasteiger partial charge in [-0.15, -0.1) is 0 Å². The zero-order valence-corrected chi connectivity index (χ0v) is 28.6. The molecule has 1 saturated heterocycles. The molecule has 0 bridgehead atoms. The Morgan fingerprint density at radius 2 is 1.52 bits per heavy atom. The molecule has 258 valence electrons. The maximum absolute atomic E-state index is 12.3. The van der Waals surface area contributed by atoms with E-state index < -0.39 is 18.3 Å². The Bertz CT molecular complexity index is 1790. The molecule has 3 N–H and O–H groups in total. The molecule has 2 heterocycles. The number of carbonyl (C=O) groups excluding carboxylic acids is 2. The van der Waals surface area contributed by atoms with Crippen LogP contribution in [0.25, 0.3) is 22.6 Å². The number of hydrogen-bond acceptors (Lipinski definition) is 9. The number of benzene rings is 4. The van der Waals surface area contributed by atoms with Gasteiger partial charge in [0.15, 0.2) is 12.1 Å². The van der Waals surface area contributed by atoms with Crippen LogP contribution >= 0.6 is 11.8 Å². The molecule has 11 heteroatoms. The number of carbonyl (C=O) groups is 2. The van der Waals surface area contributed by atoms with Gasteiger partial charge in [0.2, 0.25) is 0 Å². The van der Waals surface area contributed by atoms with Gasteiger partial charge in [-0.05, 0) is 30.2 Å². The smallest absolute Gasteiger partial charge is 0.325 e. The number of anilines is 1. The van der Waals surface area contributed by atoms with E-state index >= 15 is 0 Å². The number of esters is 1. The van der Waals surface area contributed by atoms with Gasteiger partial charge in [0.25, 0.3) is 5.22 Å². The number of aliphatic hydroxyl groups excluding tert-OH is 1. The van der Waals surface area contributed by atoms with Crippen molar-refractivity contribution >= 4 is 29.4 Å². The van der Waals surface area contributed by atoms with E-state index in [0.717, 1.165) is 33.5 Å². The van der Waals surface area contributed by atoms with Gasteiger partial charge < -0.3 is 34.4 Å². The standard InChI is InChI=1S/C39H39N3O7S/c1-3-46-33(44)22-40-38(45)41-31-20-18-30(19-21-31)37-47-32(25(2)35(48-37)29-16-14-26(23-43)15-17-29)24-50-39-42-34(27-10-6-4-7-11-27)36(49-39)28-12-8-5-9-13-28/h4-21,25,32,35,37,43H,3,22-24H2,1-2H3,(H2,40,41,45). The number of oxazole rings is 1. The zero-order chi connectivity index (χ0) is 34.9. The van der Waals surface area contributed by atoms with Crippen LogP contribution in [0.5, 0.6) is 0 Å². The van der Waals surface area contributed by atoms with Crippen molar-refractivity contribution in [2.45, 2.75) is 44.2 Å². The minimum absolute atomic E-state index is 0.0417. The van der Waals surface area contributed by atoms with Crippen LogP contribution in [0.4, 0.5) is 10.5 Å². The number of urea groups is 1. The van der Waals surface area contributed by atoms with E-state index in [1.165, 1.54) is 11.8 Å². The Hall–Kier alpha value is -4.94. The lowest BCUT2D eigenvalue weighted by atomic mass is 9.91. The highest BCUT2D eigenvalue weighted by atomic mass is 32.2. The molecule has 1 aliphatic heterocycles. The highest BCUT2D eigenvalue weighted by molar-refractivity contribution is 7.99. The van der Waals surface area contributed by atoms with Crippen LogP contribution in [0.3, 0.4) is 0 Å². The molecule has 0 saturated carbocycles. The molecular weight excluding hydrogens is 655 g/mol. The molecule has 0 spiro atoms. The summed E-state index contributed by atoms with van der Waals surface area (Å²) in [5.74, 6) is 0.710. The molecule has 2 amide bonds. The number of amides is 2. The third-order valence-corrected chi connectivity index (χ3v) is 9.24. The van der Waals surface area contributed by atoms with Crippen molar-refractivity contribution in [3.8, 4) is 22.6 Å². The molecule has 0 radical (unpaired) electrons. The minimum Gasteiger partial charge on any atom is -0.465 e. The number of hydrogen-bond donors (Lipinski definition) is 3. The molecular formula is C39H39N3O7S. The summed E-state index contributed by atoms with van der Waals surface area (Å²) < 4.78 is 24.4. The van der Waals surface area contributed by atoms with Gasteiger partial charge in [0.1, 0.15) is 12.2 Å². The Morgan fingerprint density at radius 3 is 2.18 bits per heavy atom. The van der Waals surface area contributed by atoms with E-state index in [9.17, 15) is 14.7 Å². The quantitative estimate of drug-likeness (QED) is 0.0886. The SMILES string of the molecule is CCOC(=O)CNC(=O)Nc1ccc(C2OC(CSc3nc(-c4ccccc4)c(-c4ccccc4)o3)C(C)C(c3ccc(CO)cc3)O2)cc1. The highest BCUT2D eigenvalue weighted by Gasteiger charge is 2.38. The predicted octanol–water partition coefficient (Wildman–Crippen LogP) is 7.77. The lowest BCUT2D eigenvalue weighted by Gasteiger charge is -2.41. The van der Waals surface area contributed by atoms with Gasteiger partial charge in [-0.25, -0.2) is 9.78 Å². The summed E-state index contributed by atoms with van der Waals surface area (Å²) in [4.78, 5) is 28.8. The first kappa shape index (κ1) is 34.9. The lowest BCUT2D eigenvalue weighted by Crippen LogP contribution is -2.38. The third kappa shape index (κ3) is 8.61. The molecule has 0 aliphatic carbocycles. The van der Waals surface area contributed by atoms with Crippen molar-refractivity contribution in [3.05, 3.63) is 126 Å². The molecule has 50 heavy (non-hydrogen) atoms. The Balaban J connectivity index is 1.21. The number of nitrogens with one attached hydrogen (secondary N) is 2.